The molecule has 0 aromatic heterocycles. The largest absolute Gasteiger partial charge is 0.454 e. The van der Waals surface area contributed by atoms with Gasteiger partial charge >= 0.3 is 0 Å². The summed E-state index contributed by atoms with van der Waals surface area (Å²) < 4.78 is 10.7. The summed E-state index contributed by atoms with van der Waals surface area (Å²) >= 11 is 6.14. The van der Waals surface area contributed by atoms with Crippen LogP contribution in [0.5, 0.6) is 11.5 Å². The molecule has 0 amide bonds. The summed E-state index contributed by atoms with van der Waals surface area (Å²) in [6, 6.07) is 13.8. The first kappa shape index (κ1) is 12.2. The molecule has 98 valence electrons. The standard InChI is InChI=1S/C15H14ClNO2/c1-10(17-13-5-3-2-4-12(13)16)11-6-7-14-15(8-11)19-9-18-14/h2-8,10,17H,9H2,1H3. The van der Waals surface area contributed by atoms with Crippen molar-refractivity contribution in [3.63, 3.8) is 0 Å². The van der Waals surface area contributed by atoms with E-state index in [-0.39, 0.29) is 6.04 Å². The maximum atomic E-state index is 6.14. The normalized spacial score (nSPS) is 14.2. The number of anilines is 1. The van der Waals surface area contributed by atoms with Crippen LogP contribution in [0.2, 0.25) is 5.02 Å². The minimum atomic E-state index is 0.134. The lowest BCUT2D eigenvalue weighted by molar-refractivity contribution is 0.174. The molecule has 1 atom stereocenters. The molecule has 0 saturated carbocycles. The van der Waals surface area contributed by atoms with E-state index in [1.807, 2.05) is 42.5 Å². The van der Waals surface area contributed by atoms with Gasteiger partial charge in [0.25, 0.3) is 0 Å². The van der Waals surface area contributed by atoms with Gasteiger partial charge in [0.05, 0.1) is 10.7 Å². The molecule has 0 radical (unpaired) electrons. The molecule has 0 bridgehead atoms. The Kier molecular flexibility index (Phi) is 3.22. The van der Waals surface area contributed by atoms with Gasteiger partial charge in [-0.2, -0.15) is 0 Å². The highest BCUT2D eigenvalue weighted by molar-refractivity contribution is 6.33. The van der Waals surface area contributed by atoms with Crippen molar-refractivity contribution >= 4 is 17.3 Å². The molecular formula is C15H14ClNO2. The van der Waals surface area contributed by atoms with Gasteiger partial charge in [0, 0.05) is 6.04 Å². The lowest BCUT2D eigenvalue weighted by Crippen LogP contribution is -2.06. The molecule has 3 nitrogen and oxygen atoms in total. The van der Waals surface area contributed by atoms with Gasteiger partial charge in [-0.05, 0) is 36.8 Å². The van der Waals surface area contributed by atoms with Crippen LogP contribution in [-0.4, -0.2) is 6.79 Å². The maximum absolute atomic E-state index is 6.14. The van der Waals surface area contributed by atoms with E-state index >= 15 is 0 Å². The van der Waals surface area contributed by atoms with Gasteiger partial charge in [-0.1, -0.05) is 29.8 Å². The lowest BCUT2D eigenvalue weighted by Gasteiger charge is -2.17. The molecule has 19 heavy (non-hydrogen) atoms. The molecule has 2 aromatic rings. The van der Waals surface area contributed by atoms with Crippen LogP contribution in [0.3, 0.4) is 0 Å². The molecule has 3 rings (SSSR count). The van der Waals surface area contributed by atoms with Gasteiger partial charge < -0.3 is 14.8 Å². The Balaban J connectivity index is 1.81. The number of para-hydroxylation sites is 1. The molecule has 2 aromatic carbocycles. The minimum Gasteiger partial charge on any atom is -0.454 e. The molecular weight excluding hydrogens is 262 g/mol. The molecule has 1 aliphatic heterocycles. The summed E-state index contributed by atoms with van der Waals surface area (Å²) in [5, 5.41) is 4.11. The molecule has 0 spiro atoms. The van der Waals surface area contributed by atoms with Crippen LogP contribution in [0.1, 0.15) is 18.5 Å². The van der Waals surface area contributed by atoms with Crippen LogP contribution in [0, 0.1) is 0 Å². The van der Waals surface area contributed by atoms with Crippen molar-refractivity contribution in [3.8, 4) is 11.5 Å². The van der Waals surface area contributed by atoms with E-state index < -0.39 is 0 Å². The van der Waals surface area contributed by atoms with Gasteiger partial charge in [0.1, 0.15) is 0 Å². The first-order valence-corrected chi connectivity index (χ1v) is 6.52. The van der Waals surface area contributed by atoms with Crippen LogP contribution in [0.25, 0.3) is 0 Å². The SMILES string of the molecule is CC(Nc1ccccc1Cl)c1ccc2c(c1)OCO2. The molecule has 1 aliphatic rings. The highest BCUT2D eigenvalue weighted by Gasteiger charge is 2.16. The third-order valence-electron chi connectivity index (χ3n) is 3.14. The number of benzene rings is 2. The fourth-order valence-electron chi connectivity index (χ4n) is 2.08. The number of rotatable bonds is 3. The summed E-state index contributed by atoms with van der Waals surface area (Å²) in [6.45, 7) is 2.38. The zero-order valence-electron chi connectivity index (χ0n) is 10.5. The van der Waals surface area contributed by atoms with E-state index in [4.69, 9.17) is 21.1 Å². The van der Waals surface area contributed by atoms with Crippen LogP contribution in [-0.2, 0) is 0 Å². The molecule has 4 heteroatoms. The minimum absolute atomic E-state index is 0.134. The Morgan fingerprint density at radius 2 is 1.89 bits per heavy atom. The Morgan fingerprint density at radius 1 is 1.11 bits per heavy atom. The quantitative estimate of drug-likeness (QED) is 0.909. The summed E-state index contributed by atoms with van der Waals surface area (Å²) in [5.74, 6) is 1.60. The fraction of sp³-hybridized carbons (Fsp3) is 0.200. The first-order chi connectivity index (χ1) is 9.24. The predicted molar refractivity (Wildman–Crippen MR) is 76.1 cm³/mol. The molecule has 0 fully saturated rings. The van der Waals surface area contributed by atoms with Gasteiger partial charge in [-0.15, -0.1) is 0 Å². The third kappa shape index (κ3) is 2.47. The highest BCUT2D eigenvalue weighted by atomic mass is 35.5. The van der Waals surface area contributed by atoms with Crippen LogP contribution in [0.15, 0.2) is 42.5 Å². The van der Waals surface area contributed by atoms with Gasteiger partial charge in [-0.25, -0.2) is 0 Å². The molecule has 1 heterocycles. The smallest absolute Gasteiger partial charge is 0.231 e. The first-order valence-electron chi connectivity index (χ1n) is 6.14. The molecule has 0 saturated heterocycles. The number of ether oxygens (including phenoxy) is 2. The van der Waals surface area contributed by atoms with E-state index in [1.165, 1.54) is 0 Å². The van der Waals surface area contributed by atoms with E-state index in [9.17, 15) is 0 Å². The van der Waals surface area contributed by atoms with Crippen molar-refractivity contribution in [3.05, 3.63) is 53.1 Å². The van der Waals surface area contributed by atoms with Gasteiger partial charge in [0.2, 0.25) is 6.79 Å². The summed E-state index contributed by atoms with van der Waals surface area (Å²) in [5.41, 5.74) is 2.05. The average molecular weight is 276 g/mol. The zero-order valence-corrected chi connectivity index (χ0v) is 11.3. The Hall–Kier alpha value is -1.87. The van der Waals surface area contributed by atoms with Crippen LogP contribution >= 0.6 is 11.6 Å². The van der Waals surface area contributed by atoms with Crippen LogP contribution < -0.4 is 14.8 Å². The Bertz CT molecular complexity index is 600. The summed E-state index contributed by atoms with van der Waals surface area (Å²) in [7, 11) is 0. The second-order valence-corrected chi connectivity index (χ2v) is 4.87. The summed E-state index contributed by atoms with van der Waals surface area (Å²) in [6.07, 6.45) is 0. The van der Waals surface area contributed by atoms with E-state index in [0.717, 1.165) is 27.8 Å². The Labute approximate surface area is 117 Å². The monoisotopic (exact) mass is 275 g/mol. The van der Waals surface area contributed by atoms with Gasteiger partial charge in [0.15, 0.2) is 11.5 Å². The Morgan fingerprint density at radius 3 is 2.74 bits per heavy atom. The molecule has 1 N–H and O–H groups in total. The predicted octanol–water partition coefficient (Wildman–Crippen LogP) is 4.24. The average Bonchev–Trinajstić information content (AvgIpc) is 2.88. The fourth-order valence-corrected chi connectivity index (χ4v) is 2.27. The van der Waals surface area contributed by atoms with Crippen molar-refractivity contribution < 1.29 is 9.47 Å². The second kappa shape index (κ2) is 5.02. The van der Waals surface area contributed by atoms with Gasteiger partial charge in [-0.3, -0.25) is 0 Å². The topological polar surface area (TPSA) is 30.5 Å². The third-order valence-corrected chi connectivity index (χ3v) is 3.47. The number of halogens is 1. The lowest BCUT2D eigenvalue weighted by atomic mass is 10.1. The number of fused-ring (bicyclic) bond motifs is 1. The van der Waals surface area contributed by atoms with Crippen molar-refractivity contribution in [1.82, 2.24) is 0 Å². The van der Waals surface area contributed by atoms with E-state index in [0.29, 0.717) is 6.79 Å². The zero-order chi connectivity index (χ0) is 13.2. The molecule has 1 unspecified atom stereocenters. The number of hydrogen-bond donors (Lipinski definition) is 1. The van der Waals surface area contributed by atoms with Crippen molar-refractivity contribution in [1.29, 1.82) is 0 Å². The van der Waals surface area contributed by atoms with E-state index in [1.54, 1.807) is 0 Å². The van der Waals surface area contributed by atoms with Crippen molar-refractivity contribution in [2.45, 2.75) is 13.0 Å². The van der Waals surface area contributed by atoms with Crippen LogP contribution in [0.4, 0.5) is 5.69 Å². The van der Waals surface area contributed by atoms with E-state index in [2.05, 4.69) is 12.2 Å². The second-order valence-electron chi connectivity index (χ2n) is 4.46. The maximum Gasteiger partial charge on any atom is 0.231 e. The van der Waals surface area contributed by atoms with Crippen molar-refractivity contribution in [2.75, 3.05) is 12.1 Å². The van der Waals surface area contributed by atoms with Crippen molar-refractivity contribution in [2.24, 2.45) is 0 Å². The summed E-state index contributed by atoms with van der Waals surface area (Å²) in [4.78, 5) is 0. The number of hydrogen-bond acceptors (Lipinski definition) is 3. The molecule has 0 aliphatic carbocycles. The highest BCUT2D eigenvalue weighted by Crippen LogP contribution is 2.35. The number of nitrogens with one attached hydrogen (secondary N) is 1.